The molecule has 2 aromatic rings. The SMILES string of the molecule is Cc1nn(C)cc1C(=O)N1C[C@@H](O)[C@H](Oc2cccc(C(=O)O)c2)C1. The molecule has 0 spiro atoms. The second-order valence-corrected chi connectivity index (χ2v) is 6.07. The first-order valence-electron chi connectivity index (χ1n) is 7.82. The number of aromatic carboxylic acids is 1. The van der Waals surface area contributed by atoms with Crippen molar-refractivity contribution in [3.8, 4) is 5.75 Å². The lowest BCUT2D eigenvalue weighted by molar-refractivity contribution is 0.0686. The Bertz CT molecular complexity index is 816. The van der Waals surface area contributed by atoms with Crippen LogP contribution in [0.2, 0.25) is 0 Å². The number of aliphatic hydroxyl groups is 1. The minimum Gasteiger partial charge on any atom is -0.486 e. The van der Waals surface area contributed by atoms with Gasteiger partial charge >= 0.3 is 5.97 Å². The van der Waals surface area contributed by atoms with Crippen molar-refractivity contribution >= 4 is 11.9 Å². The van der Waals surface area contributed by atoms with Gasteiger partial charge in [0.1, 0.15) is 18.0 Å². The molecule has 1 aliphatic rings. The van der Waals surface area contributed by atoms with Crippen LogP contribution in [0.5, 0.6) is 5.75 Å². The smallest absolute Gasteiger partial charge is 0.335 e. The van der Waals surface area contributed by atoms with Gasteiger partial charge in [0.2, 0.25) is 0 Å². The maximum atomic E-state index is 12.6. The normalized spacial score (nSPS) is 19.9. The van der Waals surface area contributed by atoms with Crippen molar-refractivity contribution in [3.05, 3.63) is 47.3 Å². The van der Waals surface area contributed by atoms with Gasteiger partial charge in [0.25, 0.3) is 5.91 Å². The molecule has 0 aliphatic carbocycles. The molecule has 1 amide bonds. The van der Waals surface area contributed by atoms with Gasteiger partial charge in [-0.3, -0.25) is 9.48 Å². The van der Waals surface area contributed by atoms with Crippen LogP contribution in [0, 0.1) is 6.92 Å². The Morgan fingerprint density at radius 2 is 2.08 bits per heavy atom. The van der Waals surface area contributed by atoms with Crippen molar-refractivity contribution in [1.29, 1.82) is 0 Å². The number of carbonyl (C=O) groups excluding carboxylic acids is 1. The van der Waals surface area contributed by atoms with Gasteiger partial charge in [-0.25, -0.2) is 4.79 Å². The Morgan fingerprint density at radius 3 is 2.72 bits per heavy atom. The van der Waals surface area contributed by atoms with Gasteiger partial charge in [0.05, 0.1) is 29.9 Å². The van der Waals surface area contributed by atoms with E-state index < -0.39 is 18.2 Å². The van der Waals surface area contributed by atoms with Gasteiger partial charge < -0.3 is 19.8 Å². The minimum absolute atomic E-state index is 0.101. The highest BCUT2D eigenvalue weighted by Crippen LogP contribution is 2.22. The van der Waals surface area contributed by atoms with E-state index in [1.807, 2.05) is 0 Å². The monoisotopic (exact) mass is 345 g/mol. The third-order valence-corrected chi connectivity index (χ3v) is 4.14. The summed E-state index contributed by atoms with van der Waals surface area (Å²) in [5.74, 6) is -0.924. The van der Waals surface area contributed by atoms with E-state index in [1.165, 1.54) is 17.0 Å². The first-order chi connectivity index (χ1) is 11.8. The number of carboxylic acid groups (broad SMARTS) is 1. The summed E-state index contributed by atoms with van der Waals surface area (Å²) in [7, 11) is 1.74. The molecule has 1 fully saturated rings. The van der Waals surface area contributed by atoms with Crippen molar-refractivity contribution in [2.75, 3.05) is 13.1 Å². The van der Waals surface area contributed by atoms with Crippen molar-refractivity contribution < 1.29 is 24.5 Å². The summed E-state index contributed by atoms with van der Waals surface area (Å²) in [5, 5.41) is 23.4. The predicted octanol–water partition coefficient (Wildman–Crippen LogP) is 0.691. The fourth-order valence-electron chi connectivity index (χ4n) is 2.90. The van der Waals surface area contributed by atoms with Crippen LogP contribution in [0.4, 0.5) is 0 Å². The maximum absolute atomic E-state index is 12.6. The van der Waals surface area contributed by atoms with Crippen LogP contribution >= 0.6 is 0 Å². The van der Waals surface area contributed by atoms with Crippen LogP contribution in [0.1, 0.15) is 26.4 Å². The number of aryl methyl sites for hydroxylation is 2. The number of benzene rings is 1. The summed E-state index contributed by atoms with van der Waals surface area (Å²) in [6, 6.07) is 6.04. The van der Waals surface area contributed by atoms with Gasteiger partial charge in [0.15, 0.2) is 0 Å². The summed E-state index contributed by atoms with van der Waals surface area (Å²) in [4.78, 5) is 25.1. The number of nitrogens with zero attached hydrogens (tertiary/aromatic N) is 3. The highest BCUT2D eigenvalue weighted by Gasteiger charge is 2.36. The van der Waals surface area contributed by atoms with E-state index in [9.17, 15) is 14.7 Å². The van der Waals surface area contributed by atoms with E-state index in [0.29, 0.717) is 17.0 Å². The highest BCUT2D eigenvalue weighted by molar-refractivity contribution is 5.95. The van der Waals surface area contributed by atoms with Gasteiger partial charge in [-0.1, -0.05) is 6.07 Å². The van der Waals surface area contributed by atoms with Crippen LogP contribution in [-0.4, -0.2) is 62.1 Å². The molecule has 1 aromatic carbocycles. The van der Waals surface area contributed by atoms with Crippen LogP contribution in [-0.2, 0) is 7.05 Å². The van der Waals surface area contributed by atoms with Gasteiger partial charge in [-0.15, -0.1) is 0 Å². The predicted molar refractivity (Wildman–Crippen MR) is 87.7 cm³/mol. The average Bonchev–Trinajstić information content (AvgIpc) is 3.09. The number of ether oxygens (including phenoxy) is 1. The van der Waals surface area contributed by atoms with Crippen molar-refractivity contribution in [2.45, 2.75) is 19.1 Å². The van der Waals surface area contributed by atoms with Crippen molar-refractivity contribution in [3.63, 3.8) is 0 Å². The molecule has 1 aromatic heterocycles. The number of carbonyl (C=O) groups is 2. The van der Waals surface area contributed by atoms with E-state index in [0.717, 1.165) is 0 Å². The summed E-state index contributed by atoms with van der Waals surface area (Å²) in [5.41, 5.74) is 1.22. The Balaban J connectivity index is 1.71. The number of hydrogen-bond donors (Lipinski definition) is 2. The molecule has 2 atom stereocenters. The Labute approximate surface area is 144 Å². The molecule has 0 bridgehead atoms. The molecule has 2 heterocycles. The Hall–Kier alpha value is -2.87. The molecule has 1 saturated heterocycles. The van der Waals surface area contributed by atoms with Crippen LogP contribution in [0.25, 0.3) is 0 Å². The summed E-state index contributed by atoms with van der Waals surface area (Å²) >= 11 is 0. The van der Waals surface area contributed by atoms with Gasteiger partial charge in [-0.2, -0.15) is 5.10 Å². The van der Waals surface area contributed by atoms with E-state index in [-0.39, 0.29) is 24.6 Å². The number of amides is 1. The maximum Gasteiger partial charge on any atom is 0.335 e. The number of likely N-dealkylation sites (tertiary alicyclic amines) is 1. The Morgan fingerprint density at radius 1 is 1.32 bits per heavy atom. The zero-order valence-corrected chi connectivity index (χ0v) is 13.9. The van der Waals surface area contributed by atoms with Crippen molar-refractivity contribution in [2.24, 2.45) is 7.05 Å². The van der Waals surface area contributed by atoms with E-state index in [2.05, 4.69) is 5.10 Å². The molecule has 0 radical (unpaired) electrons. The Kier molecular flexibility index (Phi) is 4.45. The largest absolute Gasteiger partial charge is 0.486 e. The van der Waals surface area contributed by atoms with Gasteiger partial charge in [0, 0.05) is 13.2 Å². The number of hydrogen-bond acceptors (Lipinski definition) is 5. The van der Waals surface area contributed by atoms with Crippen LogP contribution in [0.3, 0.4) is 0 Å². The van der Waals surface area contributed by atoms with E-state index >= 15 is 0 Å². The summed E-state index contributed by atoms with van der Waals surface area (Å²) < 4.78 is 7.27. The number of aliphatic hydroxyl groups excluding tert-OH is 1. The fraction of sp³-hybridized carbons (Fsp3) is 0.353. The molecule has 0 unspecified atom stereocenters. The number of aromatic nitrogens is 2. The van der Waals surface area contributed by atoms with E-state index in [1.54, 1.807) is 37.0 Å². The second kappa shape index (κ2) is 6.56. The third kappa shape index (κ3) is 3.48. The molecule has 2 N–H and O–H groups in total. The quantitative estimate of drug-likeness (QED) is 0.845. The molecule has 25 heavy (non-hydrogen) atoms. The third-order valence-electron chi connectivity index (χ3n) is 4.14. The van der Waals surface area contributed by atoms with Gasteiger partial charge in [-0.05, 0) is 25.1 Å². The average molecular weight is 345 g/mol. The topological polar surface area (TPSA) is 105 Å². The number of rotatable bonds is 4. The first-order valence-corrected chi connectivity index (χ1v) is 7.82. The number of β-amino-alcohol motifs (C(OH)–C–C–N with tert-alkyl or cyclic N) is 1. The molecule has 0 saturated carbocycles. The fourth-order valence-corrected chi connectivity index (χ4v) is 2.90. The number of carboxylic acids is 1. The summed E-state index contributed by atoms with van der Waals surface area (Å²) in [6.45, 7) is 2.12. The zero-order chi connectivity index (χ0) is 18.1. The molecule has 1 aliphatic heterocycles. The molecule has 8 heteroatoms. The van der Waals surface area contributed by atoms with Crippen molar-refractivity contribution in [1.82, 2.24) is 14.7 Å². The first kappa shape index (κ1) is 17.0. The lowest BCUT2D eigenvalue weighted by Gasteiger charge is -2.17. The zero-order valence-electron chi connectivity index (χ0n) is 13.9. The molecule has 8 nitrogen and oxygen atoms in total. The van der Waals surface area contributed by atoms with Crippen LogP contribution in [0.15, 0.2) is 30.5 Å². The second-order valence-electron chi connectivity index (χ2n) is 6.07. The van der Waals surface area contributed by atoms with E-state index in [4.69, 9.17) is 9.84 Å². The molecule has 3 rings (SSSR count). The standard InChI is InChI=1S/C17H19N3O5/c1-10-13(7-19(2)18-10)16(22)20-8-14(21)15(9-20)25-12-5-3-4-11(6-12)17(23)24/h3-7,14-15,21H,8-9H2,1-2H3,(H,23,24)/t14-,15-/m1/s1. The lowest BCUT2D eigenvalue weighted by atomic mass is 10.2. The molecule has 132 valence electrons. The highest BCUT2D eigenvalue weighted by atomic mass is 16.5. The lowest BCUT2D eigenvalue weighted by Crippen LogP contribution is -2.31. The van der Waals surface area contributed by atoms with Crippen LogP contribution < -0.4 is 4.74 Å². The molecular weight excluding hydrogens is 326 g/mol. The summed E-state index contributed by atoms with van der Waals surface area (Å²) in [6.07, 6.45) is 0.175. The minimum atomic E-state index is -1.05. The molecular formula is C17H19N3O5.